The van der Waals surface area contributed by atoms with Crippen LogP contribution in [0.3, 0.4) is 0 Å². The summed E-state index contributed by atoms with van der Waals surface area (Å²) in [5.41, 5.74) is 6.47. The standard InChI is InChI=1S/C15H13ClFNO2S/c1-19-10-6-5-9(12(17)7-10)8-20-13-4-2-3-11(16)14(13)15(18)21/h2-7H,8H2,1H3,(H2,18,21). The van der Waals surface area contributed by atoms with Crippen LogP contribution in [0, 0.1) is 5.82 Å². The van der Waals surface area contributed by atoms with Crippen molar-refractivity contribution < 1.29 is 13.9 Å². The fourth-order valence-corrected chi connectivity index (χ4v) is 2.33. The number of benzene rings is 2. The summed E-state index contributed by atoms with van der Waals surface area (Å²) in [5.74, 6) is 0.460. The third kappa shape index (κ3) is 3.62. The summed E-state index contributed by atoms with van der Waals surface area (Å²) >= 11 is 11.0. The van der Waals surface area contributed by atoms with Crippen LogP contribution in [0.5, 0.6) is 11.5 Å². The Labute approximate surface area is 132 Å². The second kappa shape index (κ2) is 6.74. The van der Waals surface area contributed by atoms with Crippen LogP contribution >= 0.6 is 23.8 Å². The van der Waals surface area contributed by atoms with Crippen LogP contribution in [0.4, 0.5) is 4.39 Å². The van der Waals surface area contributed by atoms with Crippen molar-refractivity contribution >= 4 is 28.8 Å². The first-order chi connectivity index (χ1) is 10.0. The predicted octanol–water partition coefficient (Wildman–Crippen LogP) is 3.70. The summed E-state index contributed by atoms with van der Waals surface area (Å²) in [7, 11) is 1.48. The smallest absolute Gasteiger partial charge is 0.133 e. The number of ether oxygens (including phenoxy) is 2. The van der Waals surface area contributed by atoms with Gasteiger partial charge in [0, 0.05) is 11.6 Å². The lowest BCUT2D eigenvalue weighted by molar-refractivity contribution is 0.298. The zero-order chi connectivity index (χ0) is 15.4. The minimum Gasteiger partial charge on any atom is -0.497 e. The van der Waals surface area contributed by atoms with Gasteiger partial charge >= 0.3 is 0 Å². The minimum atomic E-state index is -0.409. The summed E-state index contributed by atoms with van der Waals surface area (Å²) in [4.78, 5) is 0.130. The van der Waals surface area contributed by atoms with Crippen molar-refractivity contribution in [3.05, 3.63) is 58.4 Å². The van der Waals surface area contributed by atoms with Gasteiger partial charge in [-0.05, 0) is 24.3 Å². The molecule has 0 aromatic heterocycles. The summed E-state index contributed by atoms with van der Waals surface area (Å²) in [6.07, 6.45) is 0. The van der Waals surface area contributed by atoms with Crippen LogP contribution in [0.1, 0.15) is 11.1 Å². The molecule has 3 nitrogen and oxygen atoms in total. The molecule has 0 aliphatic heterocycles. The molecule has 0 bridgehead atoms. The van der Waals surface area contributed by atoms with Crippen molar-refractivity contribution in [1.82, 2.24) is 0 Å². The molecule has 0 aliphatic rings. The molecule has 0 amide bonds. The van der Waals surface area contributed by atoms with E-state index in [4.69, 9.17) is 39.0 Å². The highest BCUT2D eigenvalue weighted by Crippen LogP contribution is 2.27. The molecular formula is C15H13ClFNO2S. The third-order valence-corrected chi connectivity index (χ3v) is 3.38. The van der Waals surface area contributed by atoms with E-state index < -0.39 is 5.82 Å². The van der Waals surface area contributed by atoms with Crippen molar-refractivity contribution in [2.75, 3.05) is 7.11 Å². The van der Waals surface area contributed by atoms with E-state index in [0.29, 0.717) is 27.6 Å². The number of thiocarbonyl (C=S) groups is 1. The van der Waals surface area contributed by atoms with Gasteiger partial charge in [-0.2, -0.15) is 0 Å². The van der Waals surface area contributed by atoms with Crippen molar-refractivity contribution in [3.63, 3.8) is 0 Å². The Hall–Kier alpha value is -1.85. The Kier molecular flexibility index (Phi) is 4.98. The summed E-state index contributed by atoms with van der Waals surface area (Å²) < 4.78 is 24.4. The maximum atomic E-state index is 13.8. The molecule has 2 aromatic carbocycles. The Morgan fingerprint density at radius 3 is 2.71 bits per heavy atom. The summed E-state index contributed by atoms with van der Waals surface area (Å²) in [6, 6.07) is 9.61. The molecule has 0 fully saturated rings. The van der Waals surface area contributed by atoms with Crippen LogP contribution in [-0.4, -0.2) is 12.1 Å². The van der Waals surface area contributed by atoms with Gasteiger partial charge in [0.1, 0.15) is 28.9 Å². The molecule has 2 N–H and O–H groups in total. The number of rotatable bonds is 5. The van der Waals surface area contributed by atoms with E-state index in [9.17, 15) is 4.39 Å². The molecule has 0 radical (unpaired) electrons. The first kappa shape index (κ1) is 15.5. The van der Waals surface area contributed by atoms with Crippen LogP contribution in [-0.2, 0) is 6.61 Å². The molecule has 110 valence electrons. The number of hydrogen-bond acceptors (Lipinski definition) is 3. The zero-order valence-electron chi connectivity index (χ0n) is 11.2. The Balaban J connectivity index is 2.21. The monoisotopic (exact) mass is 325 g/mol. The maximum Gasteiger partial charge on any atom is 0.133 e. The van der Waals surface area contributed by atoms with Crippen molar-refractivity contribution in [1.29, 1.82) is 0 Å². The largest absolute Gasteiger partial charge is 0.497 e. The van der Waals surface area contributed by atoms with Crippen LogP contribution in [0.15, 0.2) is 36.4 Å². The van der Waals surface area contributed by atoms with Gasteiger partial charge in [0.2, 0.25) is 0 Å². The van der Waals surface area contributed by atoms with Crippen molar-refractivity contribution in [3.8, 4) is 11.5 Å². The molecule has 0 unspecified atom stereocenters. The zero-order valence-corrected chi connectivity index (χ0v) is 12.8. The summed E-state index contributed by atoms with van der Waals surface area (Å²) in [6.45, 7) is 0.0335. The summed E-state index contributed by atoms with van der Waals surface area (Å²) in [5, 5.41) is 0.398. The molecule has 6 heteroatoms. The molecule has 0 spiro atoms. The lowest BCUT2D eigenvalue weighted by Gasteiger charge is -2.12. The SMILES string of the molecule is COc1ccc(COc2cccc(Cl)c2C(N)=S)c(F)c1. The fraction of sp³-hybridized carbons (Fsp3) is 0.133. The second-order valence-corrected chi connectivity index (χ2v) is 5.07. The lowest BCUT2D eigenvalue weighted by atomic mass is 10.2. The van der Waals surface area contributed by atoms with E-state index in [-0.39, 0.29) is 11.6 Å². The Morgan fingerprint density at radius 1 is 1.33 bits per heavy atom. The van der Waals surface area contributed by atoms with Crippen molar-refractivity contribution in [2.45, 2.75) is 6.61 Å². The topological polar surface area (TPSA) is 44.5 Å². The average molecular weight is 326 g/mol. The van der Waals surface area contributed by atoms with Gasteiger partial charge in [0.25, 0.3) is 0 Å². The van der Waals surface area contributed by atoms with Gasteiger partial charge in [-0.15, -0.1) is 0 Å². The van der Waals surface area contributed by atoms with E-state index in [2.05, 4.69) is 0 Å². The first-order valence-corrected chi connectivity index (χ1v) is 6.85. The molecule has 0 saturated heterocycles. The predicted molar refractivity (Wildman–Crippen MR) is 84.6 cm³/mol. The molecule has 0 atom stereocenters. The molecule has 2 aromatic rings. The Bertz CT molecular complexity index is 679. The number of halogens is 2. The third-order valence-electron chi connectivity index (χ3n) is 2.87. The fourth-order valence-electron chi connectivity index (χ4n) is 1.79. The highest BCUT2D eigenvalue weighted by molar-refractivity contribution is 7.80. The van der Waals surface area contributed by atoms with Gasteiger partial charge in [-0.25, -0.2) is 4.39 Å². The van der Waals surface area contributed by atoms with Gasteiger partial charge in [0.05, 0.1) is 17.7 Å². The number of nitrogens with two attached hydrogens (primary N) is 1. The number of hydrogen-bond donors (Lipinski definition) is 1. The van der Waals surface area contributed by atoms with Crippen LogP contribution in [0.25, 0.3) is 0 Å². The van der Waals surface area contributed by atoms with Gasteiger partial charge in [-0.1, -0.05) is 29.9 Å². The minimum absolute atomic E-state index is 0.0335. The average Bonchev–Trinajstić information content (AvgIpc) is 2.45. The van der Waals surface area contributed by atoms with E-state index in [1.165, 1.54) is 13.2 Å². The van der Waals surface area contributed by atoms with Gasteiger partial charge < -0.3 is 15.2 Å². The van der Waals surface area contributed by atoms with E-state index in [1.807, 2.05) is 0 Å². The molecule has 0 aliphatic carbocycles. The normalized spacial score (nSPS) is 10.2. The van der Waals surface area contributed by atoms with Crippen LogP contribution in [0.2, 0.25) is 5.02 Å². The molecule has 21 heavy (non-hydrogen) atoms. The quantitative estimate of drug-likeness (QED) is 0.851. The van der Waals surface area contributed by atoms with Crippen molar-refractivity contribution in [2.24, 2.45) is 5.73 Å². The molecule has 0 heterocycles. The molecule has 0 saturated carbocycles. The lowest BCUT2D eigenvalue weighted by Crippen LogP contribution is -2.12. The maximum absolute atomic E-state index is 13.8. The first-order valence-electron chi connectivity index (χ1n) is 6.06. The van der Waals surface area contributed by atoms with E-state index in [1.54, 1.807) is 30.3 Å². The van der Waals surface area contributed by atoms with E-state index in [0.717, 1.165) is 0 Å². The highest BCUT2D eigenvalue weighted by Gasteiger charge is 2.12. The second-order valence-electron chi connectivity index (χ2n) is 4.22. The van der Waals surface area contributed by atoms with Gasteiger partial charge in [-0.3, -0.25) is 0 Å². The number of methoxy groups -OCH3 is 1. The Morgan fingerprint density at radius 2 is 2.10 bits per heavy atom. The molecule has 2 rings (SSSR count). The van der Waals surface area contributed by atoms with Crippen LogP contribution < -0.4 is 15.2 Å². The van der Waals surface area contributed by atoms with E-state index >= 15 is 0 Å². The highest BCUT2D eigenvalue weighted by atomic mass is 35.5. The molecular weight excluding hydrogens is 313 g/mol. The van der Waals surface area contributed by atoms with Gasteiger partial charge in [0.15, 0.2) is 0 Å².